The van der Waals surface area contributed by atoms with Gasteiger partial charge in [-0.2, -0.15) is 0 Å². The van der Waals surface area contributed by atoms with E-state index in [1.54, 1.807) is 0 Å². The first-order valence-electron chi connectivity index (χ1n) is 5.88. The smallest absolute Gasteiger partial charge is 0.870 e. The van der Waals surface area contributed by atoms with Crippen LogP contribution in [0.5, 0.6) is 0 Å². The molecule has 0 spiro atoms. The molecule has 1 aliphatic rings. The molecule has 17 heavy (non-hydrogen) atoms. The second-order valence-corrected chi connectivity index (χ2v) is 4.42. The Kier molecular flexibility index (Phi) is 7.59. The number of benzene rings is 1. The third-order valence-electron chi connectivity index (χ3n) is 3.15. The fraction of sp³-hybridized carbons (Fsp3) is 0.429. The van der Waals surface area contributed by atoms with Crippen LogP contribution in [-0.2, 0) is 0 Å². The van der Waals surface area contributed by atoms with Crippen LogP contribution in [0.25, 0.3) is 6.08 Å². The summed E-state index contributed by atoms with van der Waals surface area (Å²) < 4.78 is 0. The third kappa shape index (κ3) is 5.20. The predicted molar refractivity (Wildman–Crippen MR) is 71.3 cm³/mol. The molecule has 0 radical (unpaired) electrons. The Labute approximate surface area is 105 Å². The summed E-state index contributed by atoms with van der Waals surface area (Å²) in [5.41, 5.74) is 2.10. The van der Waals surface area contributed by atoms with Crippen LogP contribution in [0.4, 0.5) is 0 Å². The summed E-state index contributed by atoms with van der Waals surface area (Å²) >= 11 is 0. The molecule has 0 aromatic heterocycles. The number of hydrogen-bond donors (Lipinski definition) is 0. The molecule has 2 nitrogen and oxygen atoms in total. The molecule has 0 saturated heterocycles. The van der Waals surface area contributed by atoms with Crippen molar-refractivity contribution in [3.05, 3.63) is 35.9 Å². The molecule has 1 aromatic carbocycles. The Morgan fingerprint density at radius 3 is 2.12 bits per heavy atom. The van der Waals surface area contributed by atoms with Gasteiger partial charge in [-0.25, -0.2) is 0 Å². The Hall–Kier alpha value is -1.06. The Morgan fingerprint density at radius 1 is 0.941 bits per heavy atom. The van der Waals surface area contributed by atoms with Gasteiger partial charge in [-0.1, -0.05) is 0 Å². The maximum Gasteiger partial charge on any atom is -0.870 e. The van der Waals surface area contributed by atoms with Crippen LogP contribution in [0, 0.1) is 5.92 Å². The van der Waals surface area contributed by atoms with Crippen LogP contribution in [-0.4, -0.2) is 18.8 Å². The molecule has 0 bridgehead atoms. The summed E-state index contributed by atoms with van der Waals surface area (Å²) in [5.74, 6) is 0.802. The molecule has 0 unspecified atom stereocenters. The molecule has 2 rings (SSSR count). The van der Waals surface area contributed by atoms with Gasteiger partial charge in [0.2, 0.25) is 0 Å². The van der Waals surface area contributed by atoms with E-state index in [0.717, 1.165) is 11.4 Å². The largest absolute Gasteiger partial charge is 0.870 e. The second kappa shape index (κ2) is 8.10. The second-order valence-electron chi connectivity index (χ2n) is 4.42. The van der Waals surface area contributed by atoms with Gasteiger partial charge in [-0.3, -0.25) is 0 Å². The van der Waals surface area contributed by atoms with Crippen LogP contribution >= 0.6 is 0 Å². The first kappa shape index (κ1) is 15.9. The summed E-state index contributed by atoms with van der Waals surface area (Å²) in [6.45, 7) is 0. The molecule has 0 aliphatic heterocycles. The van der Waals surface area contributed by atoms with Crippen LogP contribution in [0.15, 0.2) is 30.3 Å². The molecule has 0 atom stereocenters. The molecule has 3 heteroatoms. The quantitative estimate of drug-likeness (QED) is 0.733. The molecule has 0 amide bonds. The normalized spacial score (nSPS) is 16.4. The topological polar surface area (TPSA) is 60.0 Å². The summed E-state index contributed by atoms with van der Waals surface area (Å²) in [6.07, 6.45) is 11.6. The van der Waals surface area contributed by atoms with Gasteiger partial charge in [0.15, 0.2) is 0 Å². The van der Waals surface area contributed by atoms with Gasteiger partial charge in [0.1, 0.15) is 0 Å². The molecular weight excluding hydrogens is 211 g/mol. The van der Waals surface area contributed by atoms with Gasteiger partial charge in [-0.15, -0.1) is 0 Å². The van der Waals surface area contributed by atoms with E-state index in [1.165, 1.54) is 37.7 Å². The van der Waals surface area contributed by atoms with Crippen LogP contribution in [0.3, 0.4) is 0 Å². The van der Waals surface area contributed by atoms with E-state index >= 15 is 0 Å². The van der Waals surface area contributed by atoms with Crippen molar-refractivity contribution in [3.63, 3.8) is 0 Å². The fourth-order valence-electron chi connectivity index (χ4n) is 2.18. The van der Waals surface area contributed by atoms with Gasteiger partial charge in [0.25, 0.3) is 0 Å². The maximum absolute atomic E-state index is 5.64. The average Bonchev–Trinajstić information content (AvgIpc) is 2.30. The summed E-state index contributed by atoms with van der Waals surface area (Å²) in [7, 11) is 5.64. The first-order valence-corrected chi connectivity index (χ1v) is 5.88. The Balaban J connectivity index is 0.00000128. The molecule has 1 fully saturated rings. The van der Waals surface area contributed by atoms with Crippen molar-refractivity contribution < 1.29 is 11.0 Å². The van der Waals surface area contributed by atoms with E-state index in [0.29, 0.717) is 0 Å². The first-order chi connectivity index (χ1) is 7.34. The molecular formula is C14H19BO2. The van der Waals surface area contributed by atoms with E-state index in [9.17, 15) is 0 Å². The number of hydrogen-bond acceptors (Lipinski definition) is 2. The average molecular weight is 230 g/mol. The zero-order valence-electron chi connectivity index (χ0n) is 10.0. The minimum absolute atomic E-state index is 0. The van der Waals surface area contributed by atoms with Crippen molar-refractivity contribution in [2.45, 2.75) is 32.1 Å². The SMILES string of the molecule is [B+2]c1ccc(C=CC2CCCCC2)cc1.[OH-].[OH-]. The number of allylic oxidation sites excluding steroid dienone is 1. The van der Waals surface area contributed by atoms with Crippen LogP contribution in [0.1, 0.15) is 37.7 Å². The van der Waals surface area contributed by atoms with E-state index < -0.39 is 0 Å². The molecule has 2 N–H and O–H groups in total. The van der Waals surface area contributed by atoms with Crippen LogP contribution in [0.2, 0.25) is 0 Å². The van der Waals surface area contributed by atoms with Crippen molar-refractivity contribution in [2.24, 2.45) is 5.92 Å². The Morgan fingerprint density at radius 2 is 1.53 bits per heavy atom. The van der Waals surface area contributed by atoms with Crippen molar-refractivity contribution in [3.8, 4) is 0 Å². The van der Waals surface area contributed by atoms with E-state index in [2.05, 4.69) is 24.3 Å². The Bertz CT molecular complexity index is 327. The predicted octanol–water partition coefficient (Wildman–Crippen LogP) is 2.72. The van der Waals surface area contributed by atoms with Gasteiger partial charge in [0.05, 0.1) is 0 Å². The van der Waals surface area contributed by atoms with Crippen molar-refractivity contribution >= 4 is 19.4 Å². The van der Waals surface area contributed by atoms with Gasteiger partial charge < -0.3 is 11.0 Å². The maximum atomic E-state index is 5.64. The minimum atomic E-state index is 0. The molecule has 0 heterocycles. The van der Waals surface area contributed by atoms with E-state index in [-0.39, 0.29) is 11.0 Å². The standard InChI is InChI=1S/C14H17B.2H2O/c15-14-10-8-13(9-11-14)7-6-12-4-2-1-3-5-12;;/h6-12H,1-5H2;2*1H2/q+2;;/p-2. The monoisotopic (exact) mass is 230 g/mol. The third-order valence-corrected chi connectivity index (χ3v) is 3.15. The zero-order valence-corrected chi connectivity index (χ0v) is 10.0. The summed E-state index contributed by atoms with van der Waals surface area (Å²) in [5, 5.41) is 0. The van der Waals surface area contributed by atoms with Crippen molar-refractivity contribution in [1.29, 1.82) is 0 Å². The van der Waals surface area contributed by atoms with Gasteiger partial charge in [0, 0.05) is 0 Å². The van der Waals surface area contributed by atoms with Gasteiger partial charge >= 0.3 is 93.3 Å². The fourth-order valence-corrected chi connectivity index (χ4v) is 2.18. The zero-order chi connectivity index (χ0) is 10.5. The molecule has 90 valence electrons. The summed E-state index contributed by atoms with van der Waals surface area (Å²) in [6, 6.07) is 8.07. The minimum Gasteiger partial charge on any atom is -0.870 e. The van der Waals surface area contributed by atoms with Crippen molar-refractivity contribution in [2.75, 3.05) is 0 Å². The van der Waals surface area contributed by atoms with E-state index in [4.69, 9.17) is 7.85 Å². The molecule has 1 aliphatic carbocycles. The van der Waals surface area contributed by atoms with Crippen molar-refractivity contribution in [1.82, 2.24) is 0 Å². The van der Waals surface area contributed by atoms with E-state index in [1.807, 2.05) is 12.1 Å². The summed E-state index contributed by atoms with van der Waals surface area (Å²) in [4.78, 5) is 0. The molecule has 1 aromatic rings. The van der Waals surface area contributed by atoms with Crippen LogP contribution < -0.4 is 5.46 Å². The number of rotatable bonds is 2. The van der Waals surface area contributed by atoms with Gasteiger partial charge in [-0.05, 0) is 0 Å². The molecule has 1 saturated carbocycles.